The zero-order chi connectivity index (χ0) is 15.7. The largest absolute Gasteiger partial charge is 0.265 e. The Morgan fingerprint density at radius 2 is 1.86 bits per heavy atom. The van der Waals surface area contributed by atoms with Crippen molar-refractivity contribution >= 4 is 27.5 Å². The SMILES string of the molecule is Cc1ccc(S(=O)(=O)N2CCN=C2c2cccc(Cl)c2)cc1. The molecule has 0 amide bonds. The molecular weight excluding hydrogens is 320 g/mol. The molecule has 0 atom stereocenters. The standard InChI is InChI=1S/C16H15ClN2O2S/c1-12-5-7-15(8-6-12)22(20,21)19-10-9-18-16(19)13-3-2-4-14(17)11-13/h2-8,11H,9-10H2,1H3. The second-order valence-electron chi connectivity index (χ2n) is 5.11. The highest BCUT2D eigenvalue weighted by Gasteiger charge is 2.31. The van der Waals surface area contributed by atoms with Crippen LogP contribution in [0.15, 0.2) is 58.4 Å². The van der Waals surface area contributed by atoms with E-state index in [0.717, 1.165) is 5.56 Å². The van der Waals surface area contributed by atoms with Gasteiger partial charge in [0.1, 0.15) is 5.84 Å². The summed E-state index contributed by atoms with van der Waals surface area (Å²) in [6.45, 7) is 2.72. The average molecular weight is 335 g/mol. The molecule has 1 aliphatic heterocycles. The van der Waals surface area contributed by atoms with Crippen molar-refractivity contribution in [3.63, 3.8) is 0 Å². The molecule has 0 aliphatic carbocycles. The van der Waals surface area contributed by atoms with E-state index in [1.54, 1.807) is 42.5 Å². The summed E-state index contributed by atoms with van der Waals surface area (Å²) in [7, 11) is -3.61. The van der Waals surface area contributed by atoms with Crippen LogP contribution in [-0.2, 0) is 10.0 Å². The molecule has 0 unspecified atom stereocenters. The highest BCUT2D eigenvalue weighted by atomic mass is 35.5. The summed E-state index contributed by atoms with van der Waals surface area (Å²) in [5.74, 6) is 0.447. The first-order chi connectivity index (χ1) is 10.5. The molecule has 2 aromatic rings. The minimum Gasteiger partial charge on any atom is -0.265 e. The van der Waals surface area contributed by atoms with E-state index in [4.69, 9.17) is 11.6 Å². The van der Waals surface area contributed by atoms with Gasteiger partial charge in [0.05, 0.1) is 18.0 Å². The molecule has 1 aliphatic rings. The molecule has 0 N–H and O–H groups in total. The van der Waals surface area contributed by atoms with Gasteiger partial charge >= 0.3 is 0 Å². The normalized spacial score (nSPS) is 15.0. The zero-order valence-electron chi connectivity index (χ0n) is 12.0. The maximum Gasteiger partial charge on any atom is 0.265 e. The Hall–Kier alpha value is -1.85. The second kappa shape index (κ2) is 5.74. The molecule has 0 aromatic heterocycles. The van der Waals surface area contributed by atoms with E-state index in [9.17, 15) is 8.42 Å². The number of sulfonamides is 1. The van der Waals surface area contributed by atoms with Gasteiger partial charge in [0.2, 0.25) is 0 Å². The van der Waals surface area contributed by atoms with Crippen LogP contribution in [0.25, 0.3) is 0 Å². The van der Waals surface area contributed by atoms with Crippen molar-refractivity contribution in [2.75, 3.05) is 13.1 Å². The average Bonchev–Trinajstić information content (AvgIpc) is 2.98. The number of hydrogen-bond acceptors (Lipinski definition) is 3. The Morgan fingerprint density at radius 1 is 1.14 bits per heavy atom. The van der Waals surface area contributed by atoms with Gasteiger partial charge in [0.25, 0.3) is 10.0 Å². The molecule has 0 saturated heterocycles. The third-order valence-corrected chi connectivity index (χ3v) is 5.53. The number of nitrogens with zero attached hydrogens (tertiary/aromatic N) is 2. The van der Waals surface area contributed by atoms with Crippen LogP contribution in [0.5, 0.6) is 0 Å². The third-order valence-electron chi connectivity index (χ3n) is 3.49. The van der Waals surface area contributed by atoms with Crippen LogP contribution >= 0.6 is 11.6 Å². The minimum atomic E-state index is -3.61. The molecule has 0 spiro atoms. The molecule has 114 valence electrons. The highest BCUT2D eigenvalue weighted by molar-refractivity contribution is 7.89. The maximum absolute atomic E-state index is 12.8. The second-order valence-corrected chi connectivity index (χ2v) is 7.40. The summed E-state index contributed by atoms with van der Waals surface area (Å²) in [6, 6.07) is 13.9. The van der Waals surface area contributed by atoms with Gasteiger partial charge in [0.15, 0.2) is 0 Å². The van der Waals surface area contributed by atoms with Crippen LogP contribution in [0.3, 0.4) is 0 Å². The topological polar surface area (TPSA) is 49.7 Å². The summed E-state index contributed by atoms with van der Waals surface area (Å²) >= 11 is 6.00. The van der Waals surface area contributed by atoms with E-state index in [-0.39, 0.29) is 4.90 Å². The Bertz CT molecular complexity index is 829. The van der Waals surface area contributed by atoms with Crippen LogP contribution in [0.4, 0.5) is 0 Å². The molecule has 2 aromatic carbocycles. The van der Waals surface area contributed by atoms with Crippen LogP contribution in [-0.4, -0.2) is 31.6 Å². The van der Waals surface area contributed by atoms with Crippen molar-refractivity contribution in [1.29, 1.82) is 0 Å². The van der Waals surface area contributed by atoms with E-state index in [1.807, 2.05) is 13.0 Å². The predicted octanol–water partition coefficient (Wildman–Crippen LogP) is 3.10. The summed E-state index contributed by atoms with van der Waals surface area (Å²) < 4.78 is 27.0. The van der Waals surface area contributed by atoms with Crippen molar-refractivity contribution in [3.8, 4) is 0 Å². The molecule has 0 radical (unpaired) electrons. The Kier molecular flexibility index (Phi) is 3.93. The van der Waals surface area contributed by atoms with Crippen molar-refractivity contribution in [2.24, 2.45) is 4.99 Å². The van der Waals surface area contributed by atoms with Crippen molar-refractivity contribution < 1.29 is 8.42 Å². The quantitative estimate of drug-likeness (QED) is 0.866. The van der Waals surface area contributed by atoms with Gasteiger partial charge in [-0.25, -0.2) is 12.7 Å². The van der Waals surface area contributed by atoms with Gasteiger partial charge in [0, 0.05) is 10.6 Å². The third kappa shape index (κ3) is 2.74. The number of aliphatic imine (C=N–C) groups is 1. The summed E-state index contributed by atoms with van der Waals surface area (Å²) in [5, 5.41) is 0.555. The van der Waals surface area contributed by atoms with E-state index >= 15 is 0 Å². The Morgan fingerprint density at radius 3 is 2.55 bits per heavy atom. The molecule has 0 saturated carbocycles. The van der Waals surface area contributed by atoms with Crippen LogP contribution in [0.1, 0.15) is 11.1 Å². The lowest BCUT2D eigenvalue weighted by molar-refractivity contribution is 0.538. The van der Waals surface area contributed by atoms with Gasteiger partial charge in [-0.05, 0) is 31.2 Å². The fourth-order valence-electron chi connectivity index (χ4n) is 2.37. The van der Waals surface area contributed by atoms with E-state index in [1.165, 1.54) is 4.31 Å². The highest BCUT2D eigenvalue weighted by Crippen LogP contribution is 2.23. The van der Waals surface area contributed by atoms with Crippen molar-refractivity contribution in [3.05, 3.63) is 64.7 Å². The van der Waals surface area contributed by atoms with Crippen LogP contribution in [0.2, 0.25) is 5.02 Å². The number of amidine groups is 1. The number of rotatable bonds is 3. The lowest BCUT2D eigenvalue weighted by Crippen LogP contribution is -2.34. The lowest BCUT2D eigenvalue weighted by Gasteiger charge is -2.20. The lowest BCUT2D eigenvalue weighted by atomic mass is 10.2. The predicted molar refractivity (Wildman–Crippen MR) is 87.9 cm³/mol. The molecule has 1 heterocycles. The first-order valence-electron chi connectivity index (χ1n) is 6.88. The van der Waals surface area contributed by atoms with E-state index in [2.05, 4.69) is 4.99 Å². The van der Waals surface area contributed by atoms with E-state index < -0.39 is 10.0 Å². The van der Waals surface area contributed by atoms with Gasteiger partial charge in [-0.15, -0.1) is 0 Å². The minimum absolute atomic E-state index is 0.273. The van der Waals surface area contributed by atoms with Gasteiger partial charge < -0.3 is 0 Å². The summed E-state index contributed by atoms with van der Waals surface area (Å²) in [5.41, 5.74) is 1.73. The number of hydrogen-bond donors (Lipinski definition) is 0. The van der Waals surface area contributed by atoms with Crippen LogP contribution < -0.4 is 0 Å². The monoisotopic (exact) mass is 334 g/mol. The van der Waals surface area contributed by atoms with Crippen LogP contribution in [0, 0.1) is 6.92 Å². The van der Waals surface area contributed by atoms with Gasteiger partial charge in [-0.2, -0.15) is 0 Å². The number of benzene rings is 2. The molecule has 4 nitrogen and oxygen atoms in total. The first kappa shape index (κ1) is 15.1. The Balaban J connectivity index is 2.00. The molecule has 0 fully saturated rings. The summed E-state index contributed by atoms with van der Waals surface area (Å²) in [4.78, 5) is 4.62. The molecule has 22 heavy (non-hydrogen) atoms. The van der Waals surface area contributed by atoms with Gasteiger partial charge in [-0.3, -0.25) is 4.99 Å². The fourth-order valence-corrected chi connectivity index (χ4v) is 4.00. The maximum atomic E-state index is 12.8. The molecule has 0 bridgehead atoms. The molecular formula is C16H15ClN2O2S. The van der Waals surface area contributed by atoms with Crippen molar-refractivity contribution in [1.82, 2.24) is 4.31 Å². The fraction of sp³-hybridized carbons (Fsp3) is 0.188. The smallest absolute Gasteiger partial charge is 0.265 e. The van der Waals surface area contributed by atoms with Gasteiger partial charge in [-0.1, -0.05) is 41.4 Å². The Labute approximate surface area is 135 Å². The summed E-state index contributed by atoms with van der Waals surface area (Å²) in [6.07, 6.45) is 0. The first-order valence-corrected chi connectivity index (χ1v) is 8.70. The molecule has 6 heteroatoms. The number of halogens is 1. The number of aryl methyl sites for hydroxylation is 1. The van der Waals surface area contributed by atoms with E-state index in [0.29, 0.717) is 29.5 Å². The zero-order valence-corrected chi connectivity index (χ0v) is 13.6. The van der Waals surface area contributed by atoms with Crippen molar-refractivity contribution in [2.45, 2.75) is 11.8 Å². The molecule has 3 rings (SSSR count).